The molecule has 1 amide bonds. The van der Waals surface area contributed by atoms with Crippen LogP contribution in [0, 0.1) is 6.92 Å². The summed E-state index contributed by atoms with van der Waals surface area (Å²) >= 11 is 0. The Bertz CT molecular complexity index is 400. The predicted octanol–water partition coefficient (Wildman–Crippen LogP) is 0.515. The lowest BCUT2D eigenvalue weighted by Gasteiger charge is -2.06. The number of phenolic OH excluding ortho intramolecular Hbond substituents is 1. The Morgan fingerprint density at radius 2 is 2.07 bits per heavy atom. The van der Waals surface area contributed by atoms with E-state index in [2.05, 4.69) is 5.32 Å². The molecular formula is C10H11NO4. The first-order valence-corrected chi connectivity index (χ1v) is 4.31. The maximum absolute atomic E-state index is 11.4. The Morgan fingerprint density at radius 1 is 1.40 bits per heavy atom. The number of amides is 1. The second-order valence-electron chi connectivity index (χ2n) is 3.05. The van der Waals surface area contributed by atoms with E-state index in [4.69, 9.17) is 5.11 Å². The lowest BCUT2D eigenvalue weighted by atomic mass is 10.1. The Morgan fingerprint density at radius 3 is 2.67 bits per heavy atom. The number of hydrogen-bond acceptors (Lipinski definition) is 3. The molecule has 0 saturated carbocycles. The van der Waals surface area contributed by atoms with Crippen LogP contribution < -0.4 is 5.32 Å². The van der Waals surface area contributed by atoms with Gasteiger partial charge in [-0.2, -0.15) is 0 Å². The normalized spacial score (nSPS) is 9.67. The molecule has 3 N–H and O–H groups in total. The van der Waals surface area contributed by atoms with E-state index in [1.165, 1.54) is 6.07 Å². The molecule has 0 heterocycles. The zero-order valence-electron chi connectivity index (χ0n) is 8.15. The second kappa shape index (κ2) is 4.45. The van der Waals surface area contributed by atoms with Crippen LogP contribution in [0.15, 0.2) is 18.2 Å². The molecule has 0 atom stereocenters. The number of benzene rings is 1. The fourth-order valence-electron chi connectivity index (χ4n) is 1.09. The average Bonchev–Trinajstić information content (AvgIpc) is 2.18. The summed E-state index contributed by atoms with van der Waals surface area (Å²) in [4.78, 5) is 21.6. The molecule has 0 bridgehead atoms. The number of carboxylic acid groups (broad SMARTS) is 1. The molecule has 5 nitrogen and oxygen atoms in total. The Kier molecular flexibility index (Phi) is 3.28. The van der Waals surface area contributed by atoms with Crippen LogP contribution in [0.3, 0.4) is 0 Å². The van der Waals surface area contributed by atoms with E-state index in [-0.39, 0.29) is 11.3 Å². The maximum Gasteiger partial charge on any atom is 0.322 e. The minimum absolute atomic E-state index is 0.0799. The van der Waals surface area contributed by atoms with Crippen molar-refractivity contribution in [1.82, 2.24) is 5.32 Å². The third-order valence-electron chi connectivity index (χ3n) is 1.88. The highest BCUT2D eigenvalue weighted by atomic mass is 16.4. The number of hydrogen-bond donors (Lipinski definition) is 3. The number of para-hydroxylation sites is 1. The van der Waals surface area contributed by atoms with Crippen LogP contribution in [0.25, 0.3) is 0 Å². The molecule has 1 aromatic carbocycles. The van der Waals surface area contributed by atoms with Crippen molar-refractivity contribution in [1.29, 1.82) is 0 Å². The van der Waals surface area contributed by atoms with Crippen molar-refractivity contribution in [3.63, 3.8) is 0 Å². The number of carbonyl (C=O) groups excluding carboxylic acids is 1. The third kappa shape index (κ3) is 2.70. The minimum Gasteiger partial charge on any atom is -0.507 e. The van der Waals surface area contributed by atoms with Crippen molar-refractivity contribution in [3.8, 4) is 5.75 Å². The van der Waals surface area contributed by atoms with Crippen molar-refractivity contribution in [2.24, 2.45) is 0 Å². The Hall–Kier alpha value is -2.04. The van der Waals surface area contributed by atoms with Crippen LogP contribution in [0.2, 0.25) is 0 Å². The van der Waals surface area contributed by atoms with Gasteiger partial charge in [-0.3, -0.25) is 9.59 Å². The minimum atomic E-state index is -1.13. The first-order valence-electron chi connectivity index (χ1n) is 4.31. The summed E-state index contributed by atoms with van der Waals surface area (Å²) in [6, 6.07) is 4.70. The predicted molar refractivity (Wildman–Crippen MR) is 52.8 cm³/mol. The first kappa shape index (κ1) is 11.0. The fourth-order valence-corrected chi connectivity index (χ4v) is 1.09. The fraction of sp³-hybridized carbons (Fsp3) is 0.200. The zero-order chi connectivity index (χ0) is 11.4. The summed E-state index contributed by atoms with van der Waals surface area (Å²) in [5.74, 6) is -1.85. The summed E-state index contributed by atoms with van der Waals surface area (Å²) in [6.07, 6.45) is 0. The van der Waals surface area contributed by atoms with Crippen molar-refractivity contribution in [2.75, 3.05) is 6.54 Å². The van der Waals surface area contributed by atoms with Gasteiger partial charge in [0.2, 0.25) is 0 Å². The molecule has 0 unspecified atom stereocenters. The molecule has 0 radical (unpaired) electrons. The van der Waals surface area contributed by atoms with E-state index in [0.29, 0.717) is 5.56 Å². The number of phenols is 1. The highest BCUT2D eigenvalue weighted by Gasteiger charge is 2.12. The third-order valence-corrected chi connectivity index (χ3v) is 1.88. The lowest BCUT2D eigenvalue weighted by molar-refractivity contribution is -0.135. The standard InChI is InChI=1S/C10H11NO4/c1-6-3-2-4-7(9(6)14)10(15)11-5-8(12)13/h2-4,14H,5H2,1H3,(H,11,15)(H,12,13). The molecule has 0 fully saturated rings. The molecule has 0 aliphatic heterocycles. The van der Waals surface area contributed by atoms with Gasteiger partial charge < -0.3 is 15.5 Å². The summed E-state index contributed by atoms with van der Waals surface area (Å²) in [6.45, 7) is 1.19. The highest BCUT2D eigenvalue weighted by molar-refractivity contribution is 5.98. The van der Waals surface area contributed by atoms with Gasteiger partial charge in [-0.25, -0.2) is 0 Å². The monoisotopic (exact) mass is 209 g/mol. The van der Waals surface area contributed by atoms with Crippen LogP contribution in [0.1, 0.15) is 15.9 Å². The molecule has 0 aromatic heterocycles. The first-order chi connectivity index (χ1) is 7.02. The van der Waals surface area contributed by atoms with Crippen molar-refractivity contribution >= 4 is 11.9 Å². The van der Waals surface area contributed by atoms with Gasteiger partial charge in [0, 0.05) is 0 Å². The van der Waals surface area contributed by atoms with Crippen LogP contribution in [-0.4, -0.2) is 28.6 Å². The van der Waals surface area contributed by atoms with Gasteiger partial charge in [-0.1, -0.05) is 12.1 Å². The summed E-state index contributed by atoms with van der Waals surface area (Å²) in [7, 11) is 0. The maximum atomic E-state index is 11.4. The number of rotatable bonds is 3. The van der Waals surface area contributed by atoms with Crippen LogP contribution in [-0.2, 0) is 4.79 Å². The largest absolute Gasteiger partial charge is 0.507 e. The molecule has 0 spiro atoms. The number of carbonyl (C=O) groups is 2. The van der Waals surface area contributed by atoms with E-state index in [0.717, 1.165) is 0 Å². The number of nitrogens with one attached hydrogen (secondary N) is 1. The van der Waals surface area contributed by atoms with Crippen molar-refractivity contribution in [2.45, 2.75) is 6.92 Å². The van der Waals surface area contributed by atoms with Crippen LogP contribution >= 0.6 is 0 Å². The summed E-state index contributed by atoms with van der Waals surface area (Å²) < 4.78 is 0. The SMILES string of the molecule is Cc1cccc(C(=O)NCC(=O)O)c1O. The number of aryl methyl sites for hydroxylation is 1. The van der Waals surface area contributed by atoms with Crippen LogP contribution in [0.4, 0.5) is 0 Å². The van der Waals surface area contributed by atoms with Crippen molar-refractivity contribution < 1.29 is 19.8 Å². The molecule has 5 heteroatoms. The Labute approximate surface area is 86.4 Å². The van der Waals surface area contributed by atoms with Gasteiger partial charge in [0.25, 0.3) is 5.91 Å². The average molecular weight is 209 g/mol. The van der Waals surface area contributed by atoms with Gasteiger partial charge in [-0.05, 0) is 18.6 Å². The van der Waals surface area contributed by atoms with Gasteiger partial charge in [0.05, 0.1) is 5.56 Å². The second-order valence-corrected chi connectivity index (χ2v) is 3.05. The van der Waals surface area contributed by atoms with Gasteiger partial charge in [0.1, 0.15) is 12.3 Å². The zero-order valence-corrected chi connectivity index (χ0v) is 8.15. The van der Waals surface area contributed by atoms with Crippen LogP contribution in [0.5, 0.6) is 5.75 Å². The summed E-state index contributed by atoms with van der Waals surface area (Å²) in [5, 5.41) is 20.0. The number of aliphatic carboxylic acids is 1. The lowest BCUT2D eigenvalue weighted by Crippen LogP contribution is -2.29. The van der Waals surface area contributed by atoms with E-state index >= 15 is 0 Å². The van der Waals surface area contributed by atoms with Gasteiger partial charge >= 0.3 is 5.97 Å². The molecule has 1 rings (SSSR count). The number of carboxylic acids is 1. The van der Waals surface area contributed by atoms with E-state index in [9.17, 15) is 14.7 Å². The van der Waals surface area contributed by atoms with Crippen molar-refractivity contribution in [3.05, 3.63) is 29.3 Å². The molecule has 15 heavy (non-hydrogen) atoms. The highest BCUT2D eigenvalue weighted by Crippen LogP contribution is 2.20. The quantitative estimate of drug-likeness (QED) is 0.677. The molecular weight excluding hydrogens is 198 g/mol. The van der Waals surface area contributed by atoms with E-state index in [1.807, 2.05) is 0 Å². The smallest absolute Gasteiger partial charge is 0.322 e. The molecule has 1 aromatic rings. The molecule has 0 aliphatic carbocycles. The van der Waals surface area contributed by atoms with E-state index in [1.54, 1.807) is 19.1 Å². The van der Waals surface area contributed by atoms with Gasteiger partial charge in [0.15, 0.2) is 0 Å². The Balaban J connectivity index is 2.82. The summed E-state index contributed by atoms with van der Waals surface area (Å²) in [5.41, 5.74) is 0.647. The number of aromatic hydroxyl groups is 1. The molecule has 80 valence electrons. The molecule has 0 aliphatic rings. The topological polar surface area (TPSA) is 86.6 Å². The molecule has 0 saturated heterocycles. The van der Waals surface area contributed by atoms with Gasteiger partial charge in [-0.15, -0.1) is 0 Å². The van der Waals surface area contributed by atoms with E-state index < -0.39 is 18.4 Å².